The van der Waals surface area contributed by atoms with Crippen molar-refractivity contribution < 1.29 is 0 Å². The summed E-state index contributed by atoms with van der Waals surface area (Å²) in [5.74, 6) is 0. The number of rotatable bonds is 10. The van der Waals surface area contributed by atoms with Gasteiger partial charge in [-0.05, 0) is 56.9 Å². The third-order valence-electron chi connectivity index (χ3n) is 3.76. The quantitative estimate of drug-likeness (QED) is 0.661. The number of benzene rings is 1. The molecule has 0 atom stereocenters. The van der Waals surface area contributed by atoms with E-state index in [2.05, 4.69) is 70.0 Å². The Morgan fingerprint density at radius 3 is 2.65 bits per heavy atom. The second kappa shape index (κ2) is 10.1. The van der Waals surface area contributed by atoms with Crippen LogP contribution >= 0.6 is 0 Å². The summed E-state index contributed by atoms with van der Waals surface area (Å²) in [6.07, 6.45) is 3.02. The molecule has 124 valence electrons. The van der Waals surface area contributed by atoms with E-state index in [-0.39, 0.29) is 0 Å². The van der Waals surface area contributed by atoms with Gasteiger partial charge in [0.05, 0.1) is 5.69 Å². The fraction of sp³-hybridized carbons (Fsp3) is 0.421. The highest BCUT2D eigenvalue weighted by atomic mass is 15.1. The van der Waals surface area contributed by atoms with Crippen molar-refractivity contribution in [2.45, 2.75) is 26.1 Å². The van der Waals surface area contributed by atoms with Crippen LogP contribution in [0.4, 0.5) is 0 Å². The smallest absolute Gasteiger partial charge is 0.0544 e. The van der Waals surface area contributed by atoms with Gasteiger partial charge in [0.1, 0.15) is 0 Å². The minimum Gasteiger partial charge on any atom is -0.316 e. The zero-order valence-corrected chi connectivity index (χ0v) is 14.3. The summed E-state index contributed by atoms with van der Waals surface area (Å²) in [6.45, 7) is 4.83. The average Bonchev–Trinajstić information content (AvgIpc) is 2.56. The molecule has 2 rings (SSSR count). The lowest BCUT2D eigenvalue weighted by Crippen LogP contribution is -2.24. The highest BCUT2D eigenvalue weighted by Crippen LogP contribution is 2.03. The SMILES string of the molecule is CNCc1ccnc(CNCCCN(C)Cc2ccccc2)c1. The second-order valence-corrected chi connectivity index (χ2v) is 5.94. The van der Waals surface area contributed by atoms with Gasteiger partial charge in [-0.25, -0.2) is 0 Å². The van der Waals surface area contributed by atoms with Crippen LogP contribution in [0.25, 0.3) is 0 Å². The first-order valence-corrected chi connectivity index (χ1v) is 8.29. The van der Waals surface area contributed by atoms with Gasteiger partial charge >= 0.3 is 0 Å². The average molecular weight is 312 g/mol. The summed E-state index contributed by atoms with van der Waals surface area (Å²) >= 11 is 0. The minimum atomic E-state index is 0.833. The standard InChI is InChI=1S/C19H28N4/c1-20-14-18-9-11-22-19(13-18)15-21-10-6-12-23(2)16-17-7-4-3-5-8-17/h3-5,7-9,11,13,20-21H,6,10,12,14-16H2,1-2H3. The van der Waals surface area contributed by atoms with Crippen LogP contribution in [0, 0.1) is 0 Å². The largest absolute Gasteiger partial charge is 0.316 e. The summed E-state index contributed by atoms with van der Waals surface area (Å²) in [7, 11) is 4.14. The molecular weight excluding hydrogens is 284 g/mol. The van der Waals surface area contributed by atoms with Crippen LogP contribution in [0.15, 0.2) is 48.7 Å². The molecule has 0 radical (unpaired) electrons. The highest BCUT2D eigenvalue weighted by Gasteiger charge is 2.00. The molecule has 0 saturated heterocycles. The van der Waals surface area contributed by atoms with E-state index in [1.54, 1.807) is 0 Å². The summed E-state index contributed by atoms with van der Waals surface area (Å²) in [5.41, 5.74) is 3.76. The second-order valence-electron chi connectivity index (χ2n) is 5.94. The van der Waals surface area contributed by atoms with E-state index in [9.17, 15) is 0 Å². The molecule has 0 bridgehead atoms. The van der Waals surface area contributed by atoms with Gasteiger partial charge in [0.15, 0.2) is 0 Å². The zero-order chi connectivity index (χ0) is 16.3. The molecule has 0 saturated carbocycles. The molecule has 23 heavy (non-hydrogen) atoms. The predicted octanol–water partition coefficient (Wildman–Crippen LogP) is 2.41. The normalized spacial score (nSPS) is 11.1. The van der Waals surface area contributed by atoms with E-state index in [1.807, 2.05) is 13.2 Å². The van der Waals surface area contributed by atoms with Crippen LogP contribution in [-0.4, -0.2) is 37.1 Å². The van der Waals surface area contributed by atoms with Gasteiger partial charge in [0, 0.05) is 25.8 Å². The Morgan fingerprint density at radius 2 is 1.87 bits per heavy atom. The van der Waals surface area contributed by atoms with Gasteiger partial charge in [-0.15, -0.1) is 0 Å². The molecule has 1 heterocycles. The maximum absolute atomic E-state index is 4.41. The Labute approximate surface area is 139 Å². The van der Waals surface area contributed by atoms with Crippen LogP contribution in [0.1, 0.15) is 23.2 Å². The summed E-state index contributed by atoms with van der Waals surface area (Å²) < 4.78 is 0. The Bertz CT molecular complexity index is 556. The number of nitrogens with one attached hydrogen (secondary N) is 2. The molecule has 0 amide bonds. The first-order chi connectivity index (χ1) is 11.3. The van der Waals surface area contributed by atoms with Crippen molar-refractivity contribution in [3.8, 4) is 0 Å². The molecule has 0 aliphatic rings. The van der Waals surface area contributed by atoms with Crippen LogP contribution in [-0.2, 0) is 19.6 Å². The van der Waals surface area contributed by atoms with Gasteiger partial charge in [-0.1, -0.05) is 30.3 Å². The monoisotopic (exact) mass is 312 g/mol. The molecule has 4 nitrogen and oxygen atoms in total. The number of pyridine rings is 1. The lowest BCUT2D eigenvalue weighted by Gasteiger charge is -2.16. The van der Waals surface area contributed by atoms with Gasteiger partial charge < -0.3 is 15.5 Å². The Hall–Kier alpha value is -1.75. The molecule has 0 unspecified atom stereocenters. The topological polar surface area (TPSA) is 40.2 Å². The Kier molecular flexibility index (Phi) is 7.73. The number of nitrogens with zero attached hydrogens (tertiary/aromatic N) is 2. The molecule has 0 spiro atoms. The van der Waals surface area contributed by atoms with Crippen LogP contribution in [0.5, 0.6) is 0 Å². The van der Waals surface area contributed by atoms with Gasteiger partial charge in [0.25, 0.3) is 0 Å². The predicted molar refractivity (Wildman–Crippen MR) is 96.1 cm³/mol. The van der Waals surface area contributed by atoms with Crippen LogP contribution < -0.4 is 10.6 Å². The first kappa shape index (κ1) is 17.6. The van der Waals surface area contributed by atoms with Gasteiger partial charge in [-0.3, -0.25) is 4.98 Å². The van der Waals surface area contributed by atoms with E-state index < -0.39 is 0 Å². The minimum absolute atomic E-state index is 0.833. The Morgan fingerprint density at radius 1 is 1.04 bits per heavy atom. The number of hydrogen-bond donors (Lipinski definition) is 2. The molecule has 0 fully saturated rings. The summed E-state index contributed by atoms with van der Waals surface area (Å²) in [6, 6.07) is 14.8. The van der Waals surface area contributed by atoms with Crippen molar-refractivity contribution in [3.63, 3.8) is 0 Å². The zero-order valence-electron chi connectivity index (χ0n) is 14.3. The molecule has 0 aliphatic heterocycles. The van der Waals surface area contributed by atoms with E-state index in [0.717, 1.165) is 44.8 Å². The summed E-state index contributed by atoms with van der Waals surface area (Å²) in [5, 5.41) is 6.65. The molecule has 2 aromatic rings. The molecule has 1 aromatic heterocycles. The third kappa shape index (κ3) is 6.91. The van der Waals surface area contributed by atoms with E-state index in [4.69, 9.17) is 0 Å². The lowest BCUT2D eigenvalue weighted by atomic mass is 10.2. The molecule has 2 N–H and O–H groups in total. The maximum Gasteiger partial charge on any atom is 0.0544 e. The van der Waals surface area contributed by atoms with Crippen molar-refractivity contribution in [3.05, 3.63) is 65.5 Å². The van der Waals surface area contributed by atoms with Crippen molar-refractivity contribution in [1.29, 1.82) is 0 Å². The van der Waals surface area contributed by atoms with Crippen molar-refractivity contribution in [2.75, 3.05) is 27.2 Å². The van der Waals surface area contributed by atoms with Gasteiger partial charge in [-0.2, -0.15) is 0 Å². The third-order valence-corrected chi connectivity index (χ3v) is 3.76. The fourth-order valence-corrected chi connectivity index (χ4v) is 2.60. The molecule has 4 heteroatoms. The number of aromatic nitrogens is 1. The van der Waals surface area contributed by atoms with Crippen molar-refractivity contribution in [2.24, 2.45) is 0 Å². The highest BCUT2D eigenvalue weighted by molar-refractivity contribution is 5.16. The van der Waals surface area contributed by atoms with Gasteiger partial charge in [0.2, 0.25) is 0 Å². The molecule has 0 aliphatic carbocycles. The number of hydrogen-bond acceptors (Lipinski definition) is 4. The first-order valence-electron chi connectivity index (χ1n) is 8.29. The van der Waals surface area contributed by atoms with Crippen LogP contribution in [0.3, 0.4) is 0 Å². The maximum atomic E-state index is 4.41. The lowest BCUT2D eigenvalue weighted by molar-refractivity contribution is 0.319. The van der Waals surface area contributed by atoms with E-state index >= 15 is 0 Å². The summed E-state index contributed by atoms with van der Waals surface area (Å²) in [4.78, 5) is 6.77. The van der Waals surface area contributed by atoms with Crippen molar-refractivity contribution in [1.82, 2.24) is 20.5 Å². The van der Waals surface area contributed by atoms with E-state index in [1.165, 1.54) is 11.1 Å². The Balaban J connectivity index is 1.61. The molecule has 1 aromatic carbocycles. The van der Waals surface area contributed by atoms with E-state index in [0.29, 0.717) is 0 Å². The van der Waals surface area contributed by atoms with Crippen molar-refractivity contribution >= 4 is 0 Å². The molecular formula is C19H28N4. The fourth-order valence-electron chi connectivity index (χ4n) is 2.60. The van der Waals surface area contributed by atoms with Crippen LogP contribution in [0.2, 0.25) is 0 Å².